The SMILES string of the molecule is Cn1cncc1C1CC(NC(=O)c2cccc3nccnc23)CCO1. The van der Waals surface area contributed by atoms with Crippen molar-refractivity contribution in [1.82, 2.24) is 24.8 Å². The molecule has 0 radical (unpaired) electrons. The van der Waals surface area contributed by atoms with E-state index in [0.717, 1.165) is 24.1 Å². The van der Waals surface area contributed by atoms with Crippen LogP contribution >= 0.6 is 0 Å². The maximum atomic E-state index is 12.7. The number of nitrogens with one attached hydrogen (secondary N) is 1. The summed E-state index contributed by atoms with van der Waals surface area (Å²) in [5.74, 6) is -0.123. The lowest BCUT2D eigenvalue weighted by molar-refractivity contribution is -0.00300. The Labute approximate surface area is 145 Å². The highest BCUT2D eigenvalue weighted by atomic mass is 16.5. The van der Waals surface area contributed by atoms with Gasteiger partial charge in [-0.05, 0) is 25.0 Å². The maximum absolute atomic E-state index is 12.7. The third kappa shape index (κ3) is 3.10. The van der Waals surface area contributed by atoms with Gasteiger partial charge in [0.1, 0.15) is 11.6 Å². The zero-order valence-electron chi connectivity index (χ0n) is 13.9. The number of aromatic nitrogens is 4. The van der Waals surface area contributed by atoms with E-state index in [9.17, 15) is 4.79 Å². The molecule has 3 aromatic rings. The molecule has 1 fully saturated rings. The number of rotatable bonds is 3. The highest BCUT2D eigenvalue weighted by Crippen LogP contribution is 2.28. The number of ether oxygens (including phenoxy) is 1. The van der Waals surface area contributed by atoms with Gasteiger partial charge in [0.2, 0.25) is 0 Å². The molecule has 2 atom stereocenters. The number of hydrogen-bond donors (Lipinski definition) is 1. The molecule has 25 heavy (non-hydrogen) atoms. The van der Waals surface area contributed by atoms with Crippen molar-refractivity contribution in [3.05, 3.63) is 54.4 Å². The van der Waals surface area contributed by atoms with Gasteiger partial charge < -0.3 is 14.6 Å². The van der Waals surface area contributed by atoms with Gasteiger partial charge in [0.25, 0.3) is 5.91 Å². The average Bonchev–Trinajstić information content (AvgIpc) is 3.07. The Balaban J connectivity index is 1.51. The largest absolute Gasteiger partial charge is 0.372 e. The number of benzene rings is 1. The summed E-state index contributed by atoms with van der Waals surface area (Å²) < 4.78 is 7.81. The number of imidazole rings is 1. The molecular weight excluding hydrogens is 318 g/mol. The Morgan fingerprint density at radius 3 is 3.04 bits per heavy atom. The van der Waals surface area contributed by atoms with E-state index in [1.165, 1.54) is 0 Å². The Morgan fingerprint density at radius 2 is 2.20 bits per heavy atom. The van der Waals surface area contributed by atoms with E-state index in [2.05, 4.69) is 20.3 Å². The van der Waals surface area contributed by atoms with Gasteiger partial charge in [-0.1, -0.05) is 6.07 Å². The first-order valence-electron chi connectivity index (χ1n) is 8.31. The van der Waals surface area contributed by atoms with Crippen molar-refractivity contribution < 1.29 is 9.53 Å². The van der Waals surface area contributed by atoms with E-state index in [-0.39, 0.29) is 18.1 Å². The Morgan fingerprint density at radius 1 is 1.32 bits per heavy atom. The fourth-order valence-electron chi connectivity index (χ4n) is 3.25. The number of fused-ring (bicyclic) bond motifs is 1. The smallest absolute Gasteiger partial charge is 0.253 e. The molecule has 1 N–H and O–H groups in total. The third-order valence-corrected chi connectivity index (χ3v) is 4.55. The Hall–Kier alpha value is -2.80. The van der Waals surface area contributed by atoms with E-state index in [0.29, 0.717) is 17.7 Å². The number of hydrogen-bond acceptors (Lipinski definition) is 5. The van der Waals surface area contributed by atoms with Crippen LogP contribution in [0.15, 0.2) is 43.1 Å². The van der Waals surface area contributed by atoms with Gasteiger partial charge in [-0.25, -0.2) is 4.98 Å². The van der Waals surface area contributed by atoms with Crippen molar-refractivity contribution in [3.8, 4) is 0 Å². The quantitative estimate of drug-likeness (QED) is 0.791. The molecule has 0 aliphatic carbocycles. The monoisotopic (exact) mass is 337 g/mol. The summed E-state index contributed by atoms with van der Waals surface area (Å²) in [5.41, 5.74) is 2.91. The van der Waals surface area contributed by atoms with Crippen LogP contribution < -0.4 is 5.32 Å². The second-order valence-electron chi connectivity index (χ2n) is 6.21. The molecule has 128 valence electrons. The molecule has 1 aromatic carbocycles. The molecule has 0 saturated carbocycles. The minimum atomic E-state index is -0.123. The van der Waals surface area contributed by atoms with E-state index < -0.39 is 0 Å². The highest BCUT2D eigenvalue weighted by molar-refractivity contribution is 6.04. The zero-order chi connectivity index (χ0) is 17.2. The summed E-state index contributed by atoms with van der Waals surface area (Å²) in [5, 5.41) is 3.12. The first kappa shape index (κ1) is 15.7. The molecule has 1 saturated heterocycles. The van der Waals surface area contributed by atoms with Gasteiger partial charge in [-0.2, -0.15) is 0 Å². The first-order chi connectivity index (χ1) is 12.2. The number of amides is 1. The third-order valence-electron chi connectivity index (χ3n) is 4.55. The molecule has 4 rings (SSSR count). The van der Waals surface area contributed by atoms with Gasteiger partial charge in [0.05, 0.1) is 29.3 Å². The Kier molecular flexibility index (Phi) is 4.15. The molecule has 1 aliphatic heterocycles. The molecule has 0 bridgehead atoms. The highest BCUT2D eigenvalue weighted by Gasteiger charge is 2.27. The lowest BCUT2D eigenvalue weighted by Gasteiger charge is -2.30. The van der Waals surface area contributed by atoms with Crippen LogP contribution in [0.4, 0.5) is 0 Å². The zero-order valence-corrected chi connectivity index (χ0v) is 13.9. The number of carbonyl (C=O) groups excluding carboxylic acids is 1. The molecular formula is C18H19N5O2. The second-order valence-corrected chi connectivity index (χ2v) is 6.21. The van der Waals surface area contributed by atoms with Crippen LogP contribution in [0.25, 0.3) is 11.0 Å². The van der Waals surface area contributed by atoms with Crippen LogP contribution in [0.5, 0.6) is 0 Å². The minimum absolute atomic E-state index is 0.0491. The summed E-state index contributed by atoms with van der Waals surface area (Å²) in [6.07, 6.45) is 8.26. The summed E-state index contributed by atoms with van der Waals surface area (Å²) in [4.78, 5) is 25.5. The molecule has 7 nitrogen and oxygen atoms in total. The molecule has 1 aliphatic rings. The second kappa shape index (κ2) is 6.60. The topological polar surface area (TPSA) is 81.9 Å². The minimum Gasteiger partial charge on any atom is -0.372 e. The predicted molar refractivity (Wildman–Crippen MR) is 91.9 cm³/mol. The van der Waals surface area contributed by atoms with Crippen molar-refractivity contribution in [2.75, 3.05) is 6.61 Å². The lowest BCUT2D eigenvalue weighted by atomic mass is 10.0. The van der Waals surface area contributed by atoms with E-state index in [1.54, 1.807) is 24.8 Å². The number of para-hydroxylation sites is 1. The first-order valence-corrected chi connectivity index (χ1v) is 8.31. The summed E-state index contributed by atoms with van der Waals surface area (Å²) in [6, 6.07) is 5.51. The van der Waals surface area contributed by atoms with E-state index in [4.69, 9.17) is 4.74 Å². The molecule has 3 heterocycles. The van der Waals surface area contributed by atoms with Gasteiger partial charge in [0, 0.05) is 32.1 Å². The average molecular weight is 337 g/mol. The van der Waals surface area contributed by atoms with E-state index in [1.807, 2.05) is 29.9 Å². The standard InChI is InChI=1S/C18H19N5O2/c1-23-11-19-10-15(23)16-9-12(5-8-25-16)22-18(24)13-3-2-4-14-17(13)21-7-6-20-14/h2-4,6-7,10-12,16H,5,8-9H2,1H3,(H,22,24). The predicted octanol–water partition coefficient (Wildman–Crippen LogP) is 2.01. The van der Waals surface area contributed by atoms with Gasteiger partial charge >= 0.3 is 0 Å². The number of aryl methyl sites for hydroxylation is 1. The number of nitrogens with zero attached hydrogens (tertiary/aromatic N) is 4. The number of carbonyl (C=O) groups is 1. The molecule has 1 amide bonds. The van der Waals surface area contributed by atoms with Crippen LogP contribution in [0.1, 0.15) is 35.0 Å². The van der Waals surface area contributed by atoms with Crippen LogP contribution in [-0.4, -0.2) is 38.1 Å². The Bertz CT molecular complexity index is 902. The summed E-state index contributed by atoms with van der Waals surface area (Å²) in [6.45, 7) is 0.607. The van der Waals surface area contributed by atoms with Crippen molar-refractivity contribution in [1.29, 1.82) is 0 Å². The normalized spacial score (nSPS) is 20.5. The van der Waals surface area contributed by atoms with Crippen molar-refractivity contribution >= 4 is 16.9 Å². The van der Waals surface area contributed by atoms with Crippen LogP contribution in [-0.2, 0) is 11.8 Å². The maximum Gasteiger partial charge on any atom is 0.253 e. The summed E-state index contributed by atoms with van der Waals surface area (Å²) >= 11 is 0. The molecule has 2 aromatic heterocycles. The van der Waals surface area contributed by atoms with Crippen LogP contribution in [0, 0.1) is 0 Å². The fraction of sp³-hybridized carbons (Fsp3) is 0.333. The molecule has 2 unspecified atom stereocenters. The van der Waals surface area contributed by atoms with E-state index >= 15 is 0 Å². The molecule has 0 spiro atoms. The summed E-state index contributed by atoms with van der Waals surface area (Å²) in [7, 11) is 1.95. The van der Waals surface area contributed by atoms with Crippen molar-refractivity contribution in [3.63, 3.8) is 0 Å². The molecule has 7 heteroatoms. The van der Waals surface area contributed by atoms with Gasteiger partial charge in [0.15, 0.2) is 0 Å². The van der Waals surface area contributed by atoms with Crippen LogP contribution in [0.3, 0.4) is 0 Å². The fourth-order valence-corrected chi connectivity index (χ4v) is 3.25. The van der Waals surface area contributed by atoms with Crippen molar-refractivity contribution in [2.24, 2.45) is 7.05 Å². The van der Waals surface area contributed by atoms with Gasteiger partial charge in [-0.3, -0.25) is 14.8 Å². The lowest BCUT2D eigenvalue weighted by Crippen LogP contribution is -2.40. The van der Waals surface area contributed by atoms with Crippen molar-refractivity contribution in [2.45, 2.75) is 25.0 Å². The van der Waals surface area contributed by atoms with Gasteiger partial charge in [-0.15, -0.1) is 0 Å². The van der Waals surface area contributed by atoms with Crippen LogP contribution in [0.2, 0.25) is 0 Å².